The SMILES string of the molecule is CC1([C@@H](NC(=O)c2cc(=O)[nH]c(-c3ccccc3)n2)c2ccc(SC(F)(F)F)c(F)c2)CC1. The van der Waals surface area contributed by atoms with Crippen molar-refractivity contribution < 1.29 is 22.4 Å². The molecule has 172 valence electrons. The lowest BCUT2D eigenvalue weighted by Gasteiger charge is -2.26. The summed E-state index contributed by atoms with van der Waals surface area (Å²) < 4.78 is 52.3. The number of aromatic nitrogens is 2. The van der Waals surface area contributed by atoms with Crippen LogP contribution in [0.5, 0.6) is 0 Å². The Labute approximate surface area is 190 Å². The van der Waals surface area contributed by atoms with Crippen molar-refractivity contribution in [1.82, 2.24) is 15.3 Å². The van der Waals surface area contributed by atoms with Gasteiger partial charge < -0.3 is 10.3 Å². The summed E-state index contributed by atoms with van der Waals surface area (Å²) in [5.74, 6) is -1.42. The Bertz CT molecular complexity index is 1240. The van der Waals surface area contributed by atoms with Gasteiger partial charge in [0.1, 0.15) is 17.3 Å². The van der Waals surface area contributed by atoms with Gasteiger partial charge in [0.25, 0.3) is 11.5 Å². The molecule has 1 amide bonds. The number of carbonyl (C=O) groups is 1. The lowest BCUT2D eigenvalue weighted by Crippen LogP contribution is -2.34. The van der Waals surface area contributed by atoms with Crippen LogP contribution in [-0.4, -0.2) is 21.4 Å². The van der Waals surface area contributed by atoms with E-state index in [4.69, 9.17) is 0 Å². The van der Waals surface area contributed by atoms with Crippen molar-refractivity contribution in [2.75, 3.05) is 0 Å². The smallest absolute Gasteiger partial charge is 0.343 e. The van der Waals surface area contributed by atoms with Crippen LogP contribution in [0.15, 0.2) is 64.3 Å². The monoisotopic (exact) mass is 477 g/mol. The molecule has 1 aromatic heterocycles. The largest absolute Gasteiger partial charge is 0.446 e. The normalized spacial score (nSPS) is 15.7. The number of nitrogens with zero attached hydrogens (tertiary/aromatic N) is 1. The first-order valence-electron chi connectivity index (χ1n) is 10.1. The fraction of sp³-hybridized carbons (Fsp3) is 0.261. The summed E-state index contributed by atoms with van der Waals surface area (Å²) in [5.41, 5.74) is -4.65. The average molecular weight is 477 g/mol. The Morgan fingerprint density at radius 3 is 2.45 bits per heavy atom. The van der Waals surface area contributed by atoms with Gasteiger partial charge in [0.15, 0.2) is 0 Å². The summed E-state index contributed by atoms with van der Waals surface area (Å²) in [6.45, 7) is 1.90. The summed E-state index contributed by atoms with van der Waals surface area (Å²) in [6.07, 6.45) is 1.49. The maximum absolute atomic E-state index is 14.4. The molecule has 4 rings (SSSR count). The molecule has 0 bridgehead atoms. The zero-order valence-corrected chi connectivity index (χ0v) is 18.2. The lowest BCUT2D eigenvalue weighted by atomic mass is 9.91. The zero-order valence-electron chi connectivity index (χ0n) is 17.4. The number of hydrogen-bond donors (Lipinski definition) is 2. The van der Waals surface area contributed by atoms with E-state index in [1.54, 1.807) is 30.3 Å². The standard InChI is InChI=1S/C23H19F4N3O2S/c1-22(9-10-22)19(14-7-8-17(15(24)11-14)33-23(25,26)27)30-21(32)16-12-18(31)29-20(28-16)13-5-3-2-4-6-13/h2-8,11-12,19H,9-10H2,1H3,(H,30,32)(H,28,29,31)/t19-/m0/s1. The van der Waals surface area contributed by atoms with Crippen LogP contribution in [0.1, 0.15) is 41.9 Å². The van der Waals surface area contributed by atoms with Crippen molar-refractivity contribution in [3.63, 3.8) is 0 Å². The topological polar surface area (TPSA) is 74.8 Å². The summed E-state index contributed by atoms with van der Waals surface area (Å²) in [5, 5.41) is 2.80. The van der Waals surface area contributed by atoms with Crippen molar-refractivity contribution in [2.45, 2.75) is 36.2 Å². The van der Waals surface area contributed by atoms with Crippen molar-refractivity contribution in [1.29, 1.82) is 0 Å². The van der Waals surface area contributed by atoms with E-state index < -0.39 is 45.5 Å². The summed E-state index contributed by atoms with van der Waals surface area (Å²) in [7, 11) is 0. The third-order valence-corrected chi connectivity index (χ3v) is 6.33. The Balaban J connectivity index is 1.62. The van der Waals surface area contributed by atoms with E-state index >= 15 is 0 Å². The Hall–Kier alpha value is -3.14. The van der Waals surface area contributed by atoms with Crippen LogP contribution < -0.4 is 10.9 Å². The molecule has 1 atom stereocenters. The highest BCUT2D eigenvalue weighted by atomic mass is 32.2. The van der Waals surface area contributed by atoms with Crippen LogP contribution in [0, 0.1) is 11.2 Å². The first kappa shape index (κ1) is 23.0. The molecule has 0 unspecified atom stereocenters. The van der Waals surface area contributed by atoms with E-state index in [0.717, 1.165) is 31.0 Å². The fourth-order valence-electron chi connectivity index (χ4n) is 3.56. The quantitative estimate of drug-likeness (QED) is 0.365. The van der Waals surface area contributed by atoms with Gasteiger partial charge in [-0.25, -0.2) is 9.37 Å². The number of halogens is 4. The predicted octanol–water partition coefficient (Wildman–Crippen LogP) is 5.46. The van der Waals surface area contributed by atoms with E-state index in [-0.39, 0.29) is 16.9 Å². The van der Waals surface area contributed by atoms with Gasteiger partial charge >= 0.3 is 5.51 Å². The van der Waals surface area contributed by atoms with Gasteiger partial charge in [-0.3, -0.25) is 9.59 Å². The third-order valence-electron chi connectivity index (χ3n) is 5.55. The number of nitrogens with one attached hydrogen (secondary N) is 2. The Morgan fingerprint density at radius 1 is 1.15 bits per heavy atom. The second-order valence-electron chi connectivity index (χ2n) is 8.14. The minimum Gasteiger partial charge on any atom is -0.343 e. The molecule has 1 aliphatic carbocycles. The molecule has 0 radical (unpaired) electrons. The van der Waals surface area contributed by atoms with Crippen molar-refractivity contribution >= 4 is 17.7 Å². The van der Waals surface area contributed by atoms with Gasteiger partial charge in [0.05, 0.1) is 10.9 Å². The molecule has 0 aliphatic heterocycles. The molecule has 10 heteroatoms. The number of aromatic amines is 1. The van der Waals surface area contributed by atoms with Crippen molar-refractivity contribution in [3.8, 4) is 11.4 Å². The molecule has 2 N–H and O–H groups in total. The van der Waals surface area contributed by atoms with E-state index in [0.29, 0.717) is 11.1 Å². The maximum Gasteiger partial charge on any atom is 0.446 e. The van der Waals surface area contributed by atoms with Crippen LogP contribution in [-0.2, 0) is 0 Å². The number of thioether (sulfide) groups is 1. The number of amides is 1. The van der Waals surface area contributed by atoms with Gasteiger partial charge in [-0.15, -0.1) is 0 Å². The van der Waals surface area contributed by atoms with Crippen LogP contribution in [0.3, 0.4) is 0 Å². The van der Waals surface area contributed by atoms with E-state index in [1.807, 2.05) is 6.92 Å². The minimum absolute atomic E-state index is 0.114. The molecular weight excluding hydrogens is 458 g/mol. The van der Waals surface area contributed by atoms with Gasteiger partial charge in [-0.05, 0) is 47.7 Å². The van der Waals surface area contributed by atoms with Crippen LogP contribution >= 0.6 is 11.8 Å². The fourth-order valence-corrected chi connectivity index (χ4v) is 4.10. The van der Waals surface area contributed by atoms with E-state index in [9.17, 15) is 27.2 Å². The van der Waals surface area contributed by atoms with Crippen molar-refractivity contribution in [3.05, 3.63) is 82.0 Å². The van der Waals surface area contributed by atoms with Gasteiger partial charge in [-0.2, -0.15) is 13.2 Å². The highest BCUT2D eigenvalue weighted by Crippen LogP contribution is 2.54. The number of rotatable bonds is 6. The minimum atomic E-state index is -4.61. The molecule has 1 saturated carbocycles. The number of H-pyrrole nitrogens is 1. The number of carbonyl (C=O) groups excluding carboxylic acids is 1. The van der Waals surface area contributed by atoms with Gasteiger partial charge in [0.2, 0.25) is 0 Å². The third kappa shape index (κ3) is 5.44. The number of benzene rings is 2. The Morgan fingerprint density at radius 2 is 1.85 bits per heavy atom. The van der Waals surface area contributed by atoms with Crippen molar-refractivity contribution in [2.24, 2.45) is 5.41 Å². The molecule has 33 heavy (non-hydrogen) atoms. The summed E-state index contributed by atoms with van der Waals surface area (Å²) in [6, 6.07) is 12.7. The van der Waals surface area contributed by atoms with E-state index in [1.165, 1.54) is 6.07 Å². The molecule has 1 heterocycles. The predicted molar refractivity (Wildman–Crippen MR) is 116 cm³/mol. The number of hydrogen-bond acceptors (Lipinski definition) is 4. The highest BCUT2D eigenvalue weighted by Gasteiger charge is 2.46. The highest BCUT2D eigenvalue weighted by molar-refractivity contribution is 8.00. The second kappa shape index (κ2) is 8.66. The van der Waals surface area contributed by atoms with Crippen LogP contribution in [0.25, 0.3) is 11.4 Å². The number of alkyl halides is 3. The molecule has 2 aromatic carbocycles. The summed E-state index contributed by atoms with van der Waals surface area (Å²) >= 11 is -0.528. The van der Waals surface area contributed by atoms with Gasteiger partial charge in [0, 0.05) is 11.6 Å². The second-order valence-corrected chi connectivity index (χ2v) is 9.25. The molecule has 3 aromatic rings. The van der Waals surface area contributed by atoms with Crippen LogP contribution in [0.4, 0.5) is 17.6 Å². The lowest BCUT2D eigenvalue weighted by molar-refractivity contribution is -0.0329. The molecule has 5 nitrogen and oxygen atoms in total. The van der Waals surface area contributed by atoms with Crippen LogP contribution in [0.2, 0.25) is 0 Å². The molecular formula is C23H19F4N3O2S. The molecule has 1 aliphatic rings. The molecule has 1 fully saturated rings. The van der Waals surface area contributed by atoms with E-state index in [2.05, 4.69) is 15.3 Å². The Kier molecular flexibility index (Phi) is 6.04. The van der Waals surface area contributed by atoms with Gasteiger partial charge in [-0.1, -0.05) is 43.3 Å². The maximum atomic E-state index is 14.4. The zero-order chi connectivity index (χ0) is 23.8. The molecule has 0 spiro atoms. The summed E-state index contributed by atoms with van der Waals surface area (Å²) in [4.78, 5) is 31.4. The first-order chi connectivity index (χ1) is 15.5. The molecule has 0 saturated heterocycles. The first-order valence-corrected chi connectivity index (χ1v) is 10.9. The average Bonchev–Trinajstić information content (AvgIpc) is 3.51.